The Balaban J connectivity index is 1.74. The Kier molecular flexibility index (Phi) is 4.18. The first-order chi connectivity index (χ1) is 9.13. The molecule has 0 spiro atoms. The highest BCUT2D eigenvalue weighted by Crippen LogP contribution is 2.10. The molecular weight excluding hydrogens is 244 g/mol. The quantitative estimate of drug-likeness (QED) is 0.892. The summed E-state index contributed by atoms with van der Waals surface area (Å²) in [6.45, 7) is 4.08. The van der Waals surface area contributed by atoms with Crippen molar-refractivity contribution in [3.63, 3.8) is 0 Å². The number of benzene rings is 1. The fourth-order valence-electron chi connectivity index (χ4n) is 1.51. The minimum Gasteiger partial charge on any atom is -0.484 e. The lowest BCUT2D eigenvalue weighted by atomic mass is 10.2. The van der Waals surface area contributed by atoms with Crippen molar-refractivity contribution in [1.29, 1.82) is 0 Å². The average molecular weight is 260 g/mol. The number of ether oxygens (including phenoxy) is 1. The molecule has 0 saturated carbocycles. The van der Waals surface area contributed by atoms with Crippen molar-refractivity contribution in [2.45, 2.75) is 20.4 Å². The Morgan fingerprint density at radius 3 is 2.68 bits per heavy atom. The van der Waals surface area contributed by atoms with Crippen LogP contribution >= 0.6 is 0 Å². The van der Waals surface area contributed by atoms with Gasteiger partial charge in [-0.3, -0.25) is 4.79 Å². The van der Waals surface area contributed by atoms with Gasteiger partial charge >= 0.3 is 0 Å². The number of nitrogens with zero attached hydrogens (tertiary/aromatic N) is 1. The van der Waals surface area contributed by atoms with E-state index in [1.807, 2.05) is 31.2 Å². The van der Waals surface area contributed by atoms with Crippen LogP contribution in [0.1, 0.15) is 17.1 Å². The summed E-state index contributed by atoms with van der Waals surface area (Å²) >= 11 is 0. The van der Waals surface area contributed by atoms with Crippen molar-refractivity contribution in [2.75, 3.05) is 6.61 Å². The van der Waals surface area contributed by atoms with E-state index < -0.39 is 0 Å². The van der Waals surface area contributed by atoms with E-state index in [1.165, 1.54) is 6.26 Å². The minimum absolute atomic E-state index is 0.0140. The molecule has 1 aromatic heterocycles. The zero-order valence-electron chi connectivity index (χ0n) is 11.0. The predicted molar refractivity (Wildman–Crippen MR) is 69.8 cm³/mol. The molecule has 1 aromatic carbocycles. The number of rotatable bonds is 5. The minimum atomic E-state index is -0.193. The number of carbonyl (C=O) groups is 1. The maximum atomic E-state index is 11.6. The Labute approximate surface area is 111 Å². The number of hydrogen-bond donors (Lipinski definition) is 1. The Hall–Kier alpha value is -2.30. The summed E-state index contributed by atoms with van der Waals surface area (Å²) in [4.78, 5) is 15.7. The van der Waals surface area contributed by atoms with Crippen LogP contribution in [0.15, 0.2) is 34.9 Å². The standard InChI is InChI=1S/C14H16N2O3/c1-10-3-5-13(6-4-10)19-9-14(17)15-7-12-8-18-11(2)16-12/h3-6,8H,7,9H2,1-2H3,(H,15,17). The molecule has 1 amide bonds. The van der Waals surface area contributed by atoms with Gasteiger partial charge in [-0.25, -0.2) is 4.98 Å². The van der Waals surface area contributed by atoms with Gasteiger partial charge in [-0.05, 0) is 19.1 Å². The van der Waals surface area contributed by atoms with Crippen LogP contribution in [-0.2, 0) is 11.3 Å². The summed E-state index contributed by atoms with van der Waals surface area (Å²) in [7, 11) is 0. The maximum absolute atomic E-state index is 11.6. The van der Waals surface area contributed by atoms with Gasteiger partial charge in [0.25, 0.3) is 5.91 Å². The largest absolute Gasteiger partial charge is 0.484 e. The molecule has 19 heavy (non-hydrogen) atoms. The number of carbonyl (C=O) groups excluding carboxylic acids is 1. The van der Waals surface area contributed by atoms with E-state index >= 15 is 0 Å². The number of amides is 1. The fraction of sp³-hybridized carbons (Fsp3) is 0.286. The van der Waals surface area contributed by atoms with Gasteiger partial charge in [-0.15, -0.1) is 0 Å². The Bertz CT molecular complexity index is 546. The first-order valence-electron chi connectivity index (χ1n) is 6.00. The number of aromatic nitrogens is 1. The first kappa shape index (κ1) is 13.1. The predicted octanol–water partition coefficient (Wildman–Crippen LogP) is 1.99. The highest BCUT2D eigenvalue weighted by atomic mass is 16.5. The van der Waals surface area contributed by atoms with E-state index in [4.69, 9.17) is 9.15 Å². The lowest BCUT2D eigenvalue weighted by Gasteiger charge is -2.06. The van der Waals surface area contributed by atoms with Gasteiger partial charge in [0.05, 0.1) is 12.2 Å². The van der Waals surface area contributed by atoms with Crippen molar-refractivity contribution < 1.29 is 13.9 Å². The van der Waals surface area contributed by atoms with Crippen LogP contribution < -0.4 is 10.1 Å². The van der Waals surface area contributed by atoms with Crippen LogP contribution in [-0.4, -0.2) is 17.5 Å². The molecule has 0 saturated heterocycles. The van der Waals surface area contributed by atoms with E-state index in [0.717, 1.165) is 5.56 Å². The molecule has 0 bridgehead atoms. The molecular formula is C14H16N2O3. The topological polar surface area (TPSA) is 64.4 Å². The third-order valence-corrected chi connectivity index (χ3v) is 2.52. The van der Waals surface area contributed by atoms with Crippen LogP contribution in [0, 0.1) is 13.8 Å². The van der Waals surface area contributed by atoms with Gasteiger partial charge in [0.1, 0.15) is 12.0 Å². The number of hydrogen-bond acceptors (Lipinski definition) is 4. The number of nitrogens with one attached hydrogen (secondary N) is 1. The highest BCUT2D eigenvalue weighted by molar-refractivity contribution is 5.77. The third kappa shape index (κ3) is 4.13. The summed E-state index contributed by atoms with van der Waals surface area (Å²) in [5, 5.41) is 2.71. The molecule has 1 N–H and O–H groups in total. The SMILES string of the molecule is Cc1ccc(OCC(=O)NCc2coc(C)n2)cc1. The van der Waals surface area contributed by atoms with E-state index in [0.29, 0.717) is 23.9 Å². The molecule has 0 aliphatic heterocycles. The van der Waals surface area contributed by atoms with E-state index in [1.54, 1.807) is 6.92 Å². The maximum Gasteiger partial charge on any atom is 0.258 e. The van der Waals surface area contributed by atoms with Gasteiger partial charge in [0.2, 0.25) is 0 Å². The Morgan fingerprint density at radius 1 is 1.32 bits per heavy atom. The molecule has 5 nitrogen and oxygen atoms in total. The van der Waals surface area contributed by atoms with E-state index in [-0.39, 0.29) is 12.5 Å². The summed E-state index contributed by atoms with van der Waals surface area (Å²) in [5.41, 5.74) is 1.85. The van der Waals surface area contributed by atoms with Crippen molar-refractivity contribution in [2.24, 2.45) is 0 Å². The lowest BCUT2D eigenvalue weighted by Crippen LogP contribution is -2.28. The first-order valence-corrected chi connectivity index (χ1v) is 6.00. The summed E-state index contributed by atoms with van der Waals surface area (Å²) < 4.78 is 10.4. The molecule has 2 rings (SSSR count). The van der Waals surface area contributed by atoms with Crippen molar-refractivity contribution in [1.82, 2.24) is 10.3 Å². The van der Waals surface area contributed by atoms with Gasteiger partial charge < -0.3 is 14.5 Å². The normalized spacial score (nSPS) is 10.2. The molecule has 0 radical (unpaired) electrons. The molecule has 1 heterocycles. The number of aryl methyl sites for hydroxylation is 2. The average Bonchev–Trinajstić information content (AvgIpc) is 2.81. The van der Waals surface area contributed by atoms with Gasteiger partial charge in [0.15, 0.2) is 12.5 Å². The smallest absolute Gasteiger partial charge is 0.258 e. The molecule has 0 fully saturated rings. The van der Waals surface area contributed by atoms with Gasteiger partial charge in [-0.2, -0.15) is 0 Å². The van der Waals surface area contributed by atoms with Gasteiger partial charge in [0, 0.05) is 6.92 Å². The second-order valence-electron chi connectivity index (χ2n) is 4.24. The second kappa shape index (κ2) is 6.04. The second-order valence-corrected chi connectivity index (χ2v) is 4.24. The van der Waals surface area contributed by atoms with E-state index in [2.05, 4.69) is 10.3 Å². The van der Waals surface area contributed by atoms with Crippen molar-refractivity contribution in [3.8, 4) is 5.75 Å². The van der Waals surface area contributed by atoms with Crippen LogP contribution in [0.3, 0.4) is 0 Å². The third-order valence-electron chi connectivity index (χ3n) is 2.52. The fourth-order valence-corrected chi connectivity index (χ4v) is 1.51. The molecule has 0 aliphatic rings. The van der Waals surface area contributed by atoms with Crippen molar-refractivity contribution >= 4 is 5.91 Å². The zero-order chi connectivity index (χ0) is 13.7. The highest BCUT2D eigenvalue weighted by Gasteiger charge is 2.05. The van der Waals surface area contributed by atoms with Crippen LogP contribution in [0.4, 0.5) is 0 Å². The van der Waals surface area contributed by atoms with Crippen LogP contribution in [0.2, 0.25) is 0 Å². The Morgan fingerprint density at radius 2 is 2.05 bits per heavy atom. The van der Waals surface area contributed by atoms with Gasteiger partial charge in [-0.1, -0.05) is 17.7 Å². The van der Waals surface area contributed by atoms with Crippen LogP contribution in [0.5, 0.6) is 5.75 Å². The summed E-state index contributed by atoms with van der Waals surface area (Å²) in [6, 6.07) is 7.55. The molecule has 0 unspecified atom stereocenters. The molecule has 2 aromatic rings. The molecule has 0 atom stereocenters. The summed E-state index contributed by atoms with van der Waals surface area (Å²) in [6.07, 6.45) is 1.52. The number of oxazole rings is 1. The zero-order valence-corrected chi connectivity index (χ0v) is 11.0. The van der Waals surface area contributed by atoms with E-state index in [9.17, 15) is 4.79 Å². The molecule has 100 valence electrons. The molecule has 5 heteroatoms. The van der Waals surface area contributed by atoms with Crippen molar-refractivity contribution in [3.05, 3.63) is 47.7 Å². The lowest BCUT2D eigenvalue weighted by molar-refractivity contribution is -0.123. The molecule has 0 aliphatic carbocycles. The van der Waals surface area contributed by atoms with Crippen LogP contribution in [0.25, 0.3) is 0 Å². The summed E-state index contributed by atoms with van der Waals surface area (Å²) in [5.74, 6) is 1.07. The monoisotopic (exact) mass is 260 g/mol.